The summed E-state index contributed by atoms with van der Waals surface area (Å²) in [6, 6.07) is 16.6. The van der Waals surface area contributed by atoms with Crippen molar-refractivity contribution in [2.24, 2.45) is 0 Å². The lowest BCUT2D eigenvalue weighted by atomic mass is 10.2. The van der Waals surface area contributed by atoms with Gasteiger partial charge in [-0.2, -0.15) is 5.10 Å². The molecule has 1 N–H and O–H groups in total. The third-order valence-corrected chi connectivity index (χ3v) is 5.87. The molecule has 0 fully saturated rings. The van der Waals surface area contributed by atoms with Crippen LogP contribution in [-0.4, -0.2) is 14.8 Å². The van der Waals surface area contributed by atoms with Crippen LogP contribution in [0.3, 0.4) is 0 Å². The van der Waals surface area contributed by atoms with Gasteiger partial charge >= 0.3 is 0 Å². The fourth-order valence-corrected chi connectivity index (χ4v) is 4.20. The van der Waals surface area contributed by atoms with Crippen molar-refractivity contribution in [2.45, 2.75) is 20.0 Å². The molecule has 0 bridgehead atoms. The van der Waals surface area contributed by atoms with E-state index in [0.717, 1.165) is 34.5 Å². The molecule has 3 aromatic heterocycles. The van der Waals surface area contributed by atoms with Crippen molar-refractivity contribution in [3.05, 3.63) is 76.2 Å². The summed E-state index contributed by atoms with van der Waals surface area (Å²) in [5, 5.41) is 11.2. The Hall–Kier alpha value is -2.44. The smallest absolute Gasteiger partial charge is 0.183 e. The number of thiophene rings is 1. The minimum absolute atomic E-state index is 0.780. The van der Waals surface area contributed by atoms with Gasteiger partial charge in [-0.1, -0.05) is 47.7 Å². The fraction of sp³-hybridized carbons (Fsp3) is 0.158. The lowest BCUT2D eigenvalue weighted by Gasteiger charge is -2.01. The molecule has 0 atom stereocenters. The Labute approximate surface area is 154 Å². The maximum absolute atomic E-state index is 4.72. The van der Waals surface area contributed by atoms with E-state index in [1.54, 1.807) is 22.7 Å². The second-order valence-corrected chi connectivity index (χ2v) is 7.78. The molecule has 25 heavy (non-hydrogen) atoms. The predicted octanol–water partition coefficient (Wildman–Crippen LogP) is 5.04. The summed E-state index contributed by atoms with van der Waals surface area (Å²) >= 11 is 3.41. The van der Waals surface area contributed by atoms with E-state index in [9.17, 15) is 0 Å². The zero-order chi connectivity index (χ0) is 17.1. The Bertz CT molecular complexity index is 939. The van der Waals surface area contributed by atoms with Crippen LogP contribution in [-0.2, 0) is 13.1 Å². The highest BCUT2D eigenvalue weighted by molar-refractivity contribution is 7.19. The lowest BCUT2D eigenvalue weighted by Crippen LogP contribution is -1.99. The number of nitrogens with one attached hydrogen (secondary N) is 1. The summed E-state index contributed by atoms with van der Waals surface area (Å²) in [6.07, 6.45) is 2.03. The van der Waals surface area contributed by atoms with Gasteiger partial charge in [0, 0.05) is 11.1 Å². The number of rotatable bonds is 6. The average Bonchev–Trinajstić information content (AvgIpc) is 3.35. The summed E-state index contributed by atoms with van der Waals surface area (Å²) in [4.78, 5) is 7.07. The molecule has 6 heteroatoms. The molecule has 0 spiro atoms. The SMILES string of the molecule is Cc1nc(NCc2cccs2)sc1-c1ccn(Cc2ccccc2)n1. The monoisotopic (exact) mass is 366 g/mol. The van der Waals surface area contributed by atoms with Crippen LogP contribution < -0.4 is 5.32 Å². The van der Waals surface area contributed by atoms with Gasteiger partial charge in [0.05, 0.1) is 23.7 Å². The van der Waals surface area contributed by atoms with Crippen LogP contribution in [0.25, 0.3) is 10.6 Å². The first-order chi connectivity index (χ1) is 12.3. The van der Waals surface area contributed by atoms with E-state index < -0.39 is 0 Å². The van der Waals surface area contributed by atoms with Gasteiger partial charge in [-0.25, -0.2) is 4.98 Å². The molecule has 126 valence electrons. The minimum Gasteiger partial charge on any atom is -0.357 e. The Balaban J connectivity index is 1.48. The quantitative estimate of drug-likeness (QED) is 0.520. The highest BCUT2D eigenvalue weighted by Crippen LogP contribution is 2.32. The van der Waals surface area contributed by atoms with Gasteiger partial charge in [0.2, 0.25) is 0 Å². The molecule has 0 aliphatic rings. The number of thiazole rings is 1. The van der Waals surface area contributed by atoms with Gasteiger partial charge in [-0.05, 0) is 30.0 Å². The van der Waals surface area contributed by atoms with E-state index in [1.807, 2.05) is 23.9 Å². The first-order valence-electron chi connectivity index (χ1n) is 8.09. The molecule has 0 saturated carbocycles. The molecule has 1 aromatic carbocycles. The van der Waals surface area contributed by atoms with E-state index in [2.05, 4.69) is 58.1 Å². The van der Waals surface area contributed by atoms with Crippen LogP contribution in [0.5, 0.6) is 0 Å². The molecule has 4 rings (SSSR count). The largest absolute Gasteiger partial charge is 0.357 e. The average molecular weight is 367 g/mol. The van der Waals surface area contributed by atoms with Gasteiger partial charge in [-0.15, -0.1) is 11.3 Å². The number of benzene rings is 1. The van der Waals surface area contributed by atoms with Crippen molar-refractivity contribution in [3.63, 3.8) is 0 Å². The topological polar surface area (TPSA) is 42.7 Å². The summed E-state index contributed by atoms with van der Waals surface area (Å²) in [5.41, 5.74) is 3.25. The molecular formula is C19H18N4S2. The summed E-state index contributed by atoms with van der Waals surface area (Å²) in [6.45, 7) is 3.63. The van der Waals surface area contributed by atoms with Crippen LogP contribution >= 0.6 is 22.7 Å². The van der Waals surface area contributed by atoms with E-state index in [4.69, 9.17) is 5.10 Å². The Morgan fingerprint density at radius 3 is 2.76 bits per heavy atom. The van der Waals surface area contributed by atoms with E-state index in [0.29, 0.717) is 0 Å². The van der Waals surface area contributed by atoms with Crippen molar-refractivity contribution >= 4 is 27.8 Å². The second-order valence-electron chi connectivity index (χ2n) is 5.75. The molecular weight excluding hydrogens is 348 g/mol. The normalized spacial score (nSPS) is 10.9. The Morgan fingerprint density at radius 2 is 1.96 bits per heavy atom. The number of anilines is 1. The summed E-state index contributed by atoms with van der Waals surface area (Å²) in [7, 11) is 0. The summed E-state index contributed by atoms with van der Waals surface area (Å²) in [5.74, 6) is 0. The third-order valence-electron chi connectivity index (χ3n) is 3.85. The summed E-state index contributed by atoms with van der Waals surface area (Å²) < 4.78 is 1.97. The van der Waals surface area contributed by atoms with Gasteiger partial charge in [0.1, 0.15) is 5.69 Å². The molecule has 4 aromatic rings. The van der Waals surface area contributed by atoms with E-state index in [-0.39, 0.29) is 0 Å². The third kappa shape index (κ3) is 3.81. The first kappa shape index (κ1) is 16.1. The minimum atomic E-state index is 0.780. The van der Waals surface area contributed by atoms with Gasteiger partial charge < -0.3 is 5.32 Å². The number of hydrogen-bond acceptors (Lipinski definition) is 5. The number of aromatic nitrogens is 3. The van der Waals surface area contributed by atoms with Gasteiger partial charge in [0.25, 0.3) is 0 Å². The van der Waals surface area contributed by atoms with Crippen LogP contribution in [0.4, 0.5) is 5.13 Å². The highest BCUT2D eigenvalue weighted by Gasteiger charge is 2.12. The standard InChI is InChI=1S/C19H18N4S2/c1-14-18(25-19(21-14)20-12-16-8-5-11-24-16)17-9-10-23(22-17)13-15-6-3-2-4-7-15/h2-11H,12-13H2,1H3,(H,20,21). The van der Waals surface area contributed by atoms with Crippen molar-refractivity contribution in [1.29, 1.82) is 0 Å². The molecule has 3 heterocycles. The molecule has 0 unspecified atom stereocenters. The van der Waals surface area contributed by atoms with E-state index in [1.165, 1.54) is 10.4 Å². The number of aryl methyl sites for hydroxylation is 1. The molecule has 4 nitrogen and oxygen atoms in total. The first-order valence-corrected chi connectivity index (χ1v) is 9.79. The fourth-order valence-electron chi connectivity index (χ4n) is 2.63. The maximum Gasteiger partial charge on any atom is 0.183 e. The van der Waals surface area contributed by atoms with Crippen molar-refractivity contribution in [3.8, 4) is 10.6 Å². The van der Waals surface area contributed by atoms with Crippen molar-refractivity contribution in [1.82, 2.24) is 14.8 Å². The maximum atomic E-state index is 4.72. The van der Waals surface area contributed by atoms with Crippen LogP contribution in [0, 0.1) is 6.92 Å². The molecule has 0 aliphatic carbocycles. The highest BCUT2D eigenvalue weighted by atomic mass is 32.1. The van der Waals surface area contributed by atoms with Crippen LogP contribution in [0.15, 0.2) is 60.1 Å². The van der Waals surface area contributed by atoms with Crippen molar-refractivity contribution in [2.75, 3.05) is 5.32 Å². The molecule has 0 radical (unpaired) electrons. The van der Waals surface area contributed by atoms with Gasteiger partial charge in [0.15, 0.2) is 5.13 Å². The molecule has 0 aliphatic heterocycles. The lowest BCUT2D eigenvalue weighted by molar-refractivity contribution is 0.689. The molecule has 0 saturated heterocycles. The Morgan fingerprint density at radius 1 is 1.08 bits per heavy atom. The van der Waals surface area contributed by atoms with Crippen LogP contribution in [0.2, 0.25) is 0 Å². The predicted molar refractivity (Wildman–Crippen MR) is 105 cm³/mol. The second kappa shape index (κ2) is 7.21. The Kier molecular flexibility index (Phi) is 4.63. The van der Waals surface area contributed by atoms with Crippen molar-refractivity contribution < 1.29 is 0 Å². The van der Waals surface area contributed by atoms with Crippen LogP contribution in [0.1, 0.15) is 16.1 Å². The zero-order valence-corrected chi connectivity index (χ0v) is 15.5. The number of hydrogen-bond donors (Lipinski definition) is 1. The van der Waals surface area contributed by atoms with E-state index >= 15 is 0 Å². The zero-order valence-electron chi connectivity index (χ0n) is 13.8. The molecule has 0 amide bonds. The number of nitrogens with zero attached hydrogens (tertiary/aromatic N) is 3. The van der Waals surface area contributed by atoms with Gasteiger partial charge in [-0.3, -0.25) is 4.68 Å².